The second-order valence-electron chi connectivity index (χ2n) is 10.7. The molecule has 0 atom stereocenters. The molecule has 3 N–H and O–H groups in total. The molecule has 204 valence electrons. The quantitative estimate of drug-likeness (QED) is 0.259. The van der Waals surface area contributed by atoms with E-state index >= 15 is 0 Å². The number of carbonyl (C=O) groups is 1. The van der Waals surface area contributed by atoms with E-state index in [1.54, 1.807) is 29.1 Å². The Labute approximate surface area is 230 Å². The molecule has 1 aliphatic rings. The number of nitrogens with one attached hydrogen (secondary N) is 3. The first-order valence-electron chi connectivity index (χ1n) is 13.5. The highest BCUT2D eigenvalue weighted by molar-refractivity contribution is 6.04. The zero-order valence-electron chi connectivity index (χ0n) is 22.3. The van der Waals surface area contributed by atoms with Crippen LogP contribution in [0.2, 0.25) is 0 Å². The Morgan fingerprint density at radius 1 is 1.05 bits per heavy atom. The van der Waals surface area contributed by atoms with Gasteiger partial charge in [-0.25, -0.2) is 4.39 Å². The van der Waals surface area contributed by atoms with Crippen LogP contribution in [-0.4, -0.2) is 43.6 Å². The Morgan fingerprint density at radius 3 is 2.62 bits per heavy atom. The summed E-state index contributed by atoms with van der Waals surface area (Å²) in [6, 6.07) is 16.2. The Kier molecular flexibility index (Phi) is 7.04. The molecule has 1 saturated heterocycles. The number of rotatable bonds is 7. The molecule has 0 radical (unpaired) electrons. The Hall–Kier alpha value is -4.50. The van der Waals surface area contributed by atoms with Crippen LogP contribution in [0.1, 0.15) is 41.3 Å². The van der Waals surface area contributed by atoms with Gasteiger partial charge in [0.1, 0.15) is 5.82 Å². The van der Waals surface area contributed by atoms with Crippen LogP contribution in [0.5, 0.6) is 0 Å². The first kappa shape index (κ1) is 25.8. The van der Waals surface area contributed by atoms with Gasteiger partial charge in [-0.15, -0.1) is 0 Å². The molecule has 6 rings (SSSR count). The maximum Gasteiger partial charge on any atom is 0.258 e. The number of benzene rings is 2. The molecule has 0 unspecified atom stereocenters. The summed E-state index contributed by atoms with van der Waals surface area (Å²) < 4.78 is 14.8. The molecule has 1 amide bonds. The number of H-pyrrole nitrogens is 2. The van der Waals surface area contributed by atoms with Crippen molar-refractivity contribution in [2.45, 2.75) is 32.9 Å². The van der Waals surface area contributed by atoms with E-state index in [-0.39, 0.29) is 17.3 Å². The molecule has 0 spiro atoms. The molecule has 2 aromatic carbocycles. The Morgan fingerprint density at radius 2 is 1.82 bits per heavy atom. The molecular formula is C31H31FN6O2. The predicted octanol–water partition coefficient (Wildman–Crippen LogP) is 5.39. The number of nitrogens with zero attached hydrogens (tertiary/aromatic N) is 3. The molecule has 0 bridgehead atoms. The zero-order valence-corrected chi connectivity index (χ0v) is 22.3. The second-order valence-corrected chi connectivity index (χ2v) is 10.7. The summed E-state index contributed by atoms with van der Waals surface area (Å²) in [4.78, 5) is 34.2. The van der Waals surface area contributed by atoms with Gasteiger partial charge in [0.15, 0.2) is 0 Å². The third-order valence-corrected chi connectivity index (χ3v) is 7.57. The fraction of sp³-hybridized carbons (Fsp3) is 0.258. The van der Waals surface area contributed by atoms with Crippen molar-refractivity contribution in [2.75, 3.05) is 18.4 Å². The van der Waals surface area contributed by atoms with E-state index in [1.807, 2.05) is 6.07 Å². The number of piperidine rings is 1. The highest BCUT2D eigenvalue weighted by Crippen LogP contribution is 2.26. The molecule has 4 heterocycles. The molecule has 1 fully saturated rings. The molecular weight excluding hydrogens is 507 g/mol. The topological polar surface area (TPSA) is 98.8 Å². The van der Waals surface area contributed by atoms with Gasteiger partial charge >= 0.3 is 0 Å². The maximum atomic E-state index is 13.2. The minimum Gasteiger partial charge on any atom is -0.354 e. The third-order valence-electron chi connectivity index (χ3n) is 7.57. The van der Waals surface area contributed by atoms with Crippen molar-refractivity contribution in [1.29, 1.82) is 0 Å². The number of amides is 1. The van der Waals surface area contributed by atoms with Crippen LogP contribution in [0.25, 0.3) is 22.2 Å². The Balaban J connectivity index is 1.16. The lowest BCUT2D eigenvalue weighted by atomic mass is 9.99. The highest BCUT2D eigenvalue weighted by atomic mass is 19.1. The third kappa shape index (κ3) is 5.74. The number of carbonyl (C=O) groups excluding carboxylic acids is 1. The van der Waals surface area contributed by atoms with Crippen molar-refractivity contribution < 1.29 is 9.18 Å². The summed E-state index contributed by atoms with van der Waals surface area (Å²) in [6.07, 6.45) is 7.07. The van der Waals surface area contributed by atoms with Gasteiger partial charge in [-0.05, 0) is 79.4 Å². The number of hydrogen-bond donors (Lipinski definition) is 3. The van der Waals surface area contributed by atoms with E-state index in [2.05, 4.69) is 50.4 Å². The first-order chi connectivity index (χ1) is 19.4. The smallest absolute Gasteiger partial charge is 0.258 e. The molecule has 3 aromatic heterocycles. The fourth-order valence-electron chi connectivity index (χ4n) is 5.21. The summed E-state index contributed by atoms with van der Waals surface area (Å²) in [7, 11) is 0. The molecule has 0 saturated carbocycles. The molecule has 40 heavy (non-hydrogen) atoms. The number of aromatic nitrogens is 4. The van der Waals surface area contributed by atoms with E-state index in [0.717, 1.165) is 42.0 Å². The van der Waals surface area contributed by atoms with E-state index < -0.39 is 0 Å². The average molecular weight is 539 g/mol. The normalized spacial score (nSPS) is 14.6. The minimum absolute atomic E-state index is 0.251. The van der Waals surface area contributed by atoms with Crippen molar-refractivity contribution in [3.05, 3.63) is 106 Å². The standard InChI is InChI=1S/C31H31FN6O2/c1-20-8-10-37(11-9-20)17-22-4-7-28-23(12-22)13-29(36-28)27-14-26(16-33-31(27)40)35-30(39)24-15-34-38(19-24)18-21-2-5-25(32)6-3-21/h2-7,12-16,19-20,36H,8-11,17-18H2,1H3,(H,33,40)(H,35,39). The van der Waals surface area contributed by atoms with Crippen molar-refractivity contribution in [3.63, 3.8) is 0 Å². The van der Waals surface area contributed by atoms with Crippen LogP contribution >= 0.6 is 0 Å². The number of likely N-dealkylation sites (tertiary alicyclic amines) is 1. The van der Waals surface area contributed by atoms with E-state index in [1.165, 1.54) is 42.9 Å². The summed E-state index contributed by atoms with van der Waals surface area (Å²) in [5.41, 5.74) is 4.78. The predicted molar refractivity (Wildman–Crippen MR) is 154 cm³/mol. The largest absolute Gasteiger partial charge is 0.354 e. The number of halogens is 1. The van der Waals surface area contributed by atoms with E-state index in [4.69, 9.17) is 0 Å². The maximum absolute atomic E-state index is 13.2. The average Bonchev–Trinajstić information content (AvgIpc) is 3.59. The number of hydrogen-bond acceptors (Lipinski definition) is 4. The van der Waals surface area contributed by atoms with E-state index in [9.17, 15) is 14.0 Å². The molecule has 5 aromatic rings. The summed E-state index contributed by atoms with van der Waals surface area (Å²) in [6.45, 7) is 5.90. The van der Waals surface area contributed by atoms with Gasteiger partial charge in [0, 0.05) is 29.8 Å². The van der Waals surface area contributed by atoms with Gasteiger partial charge in [0.05, 0.1) is 35.2 Å². The summed E-state index contributed by atoms with van der Waals surface area (Å²) >= 11 is 0. The van der Waals surface area contributed by atoms with Crippen molar-refractivity contribution >= 4 is 22.5 Å². The van der Waals surface area contributed by atoms with Crippen LogP contribution < -0.4 is 10.9 Å². The Bertz CT molecular complexity index is 1710. The SMILES string of the molecule is CC1CCN(Cc2ccc3[nH]c(-c4cc(NC(=O)c5cnn(Cc6ccc(F)cc6)c5)c[nH]c4=O)cc3c2)CC1. The van der Waals surface area contributed by atoms with Crippen LogP contribution in [0.4, 0.5) is 10.1 Å². The number of aromatic amines is 2. The lowest BCUT2D eigenvalue weighted by molar-refractivity contribution is 0.102. The minimum atomic E-state index is -0.350. The first-order valence-corrected chi connectivity index (χ1v) is 13.5. The second kappa shape index (κ2) is 10.9. The number of anilines is 1. The lowest BCUT2D eigenvalue weighted by Gasteiger charge is -2.30. The lowest BCUT2D eigenvalue weighted by Crippen LogP contribution is -2.32. The van der Waals surface area contributed by atoms with Crippen LogP contribution in [0.3, 0.4) is 0 Å². The van der Waals surface area contributed by atoms with Crippen molar-refractivity contribution in [3.8, 4) is 11.3 Å². The molecule has 8 nitrogen and oxygen atoms in total. The van der Waals surface area contributed by atoms with Crippen molar-refractivity contribution in [1.82, 2.24) is 24.6 Å². The molecule has 0 aliphatic carbocycles. The van der Waals surface area contributed by atoms with Crippen LogP contribution in [0, 0.1) is 11.7 Å². The zero-order chi connectivity index (χ0) is 27.6. The number of pyridine rings is 1. The van der Waals surface area contributed by atoms with Crippen molar-refractivity contribution in [2.24, 2.45) is 5.92 Å². The van der Waals surface area contributed by atoms with Gasteiger partial charge in [-0.2, -0.15) is 5.10 Å². The van der Waals surface area contributed by atoms with Gasteiger partial charge in [0.25, 0.3) is 11.5 Å². The van der Waals surface area contributed by atoms with Gasteiger partial charge in [0.2, 0.25) is 0 Å². The monoisotopic (exact) mass is 538 g/mol. The van der Waals surface area contributed by atoms with Crippen LogP contribution in [-0.2, 0) is 13.1 Å². The molecule has 1 aliphatic heterocycles. The van der Waals surface area contributed by atoms with E-state index in [0.29, 0.717) is 29.1 Å². The number of fused-ring (bicyclic) bond motifs is 1. The fourth-order valence-corrected chi connectivity index (χ4v) is 5.21. The van der Waals surface area contributed by atoms with Gasteiger partial charge < -0.3 is 15.3 Å². The highest BCUT2D eigenvalue weighted by Gasteiger charge is 2.17. The molecule has 9 heteroatoms. The summed E-state index contributed by atoms with van der Waals surface area (Å²) in [5, 5.41) is 8.13. The van der Waals surface area contributed by atoms with Crippen LogP contribution in [0.15, 0.2) is 78.0 Å². The van der Waals surface area contributed by atoms with Gasteiger partial charge in [-0.3, -0.25) is 19.2 Å². The van der Waals surface area contributed by atoms with Gasteiger partial charge in [-0.1, -0.05) is 25.1 Å². The summed E-state index contributed by atoms with van der Waals surface area (Å²) in [5.74, 6) is 0.149.